The number of aliphatic hydroxyl groups is 2. The molecule has 0 aliphatic carbocycles. The van der Waals surface area contributed by atoms with E-state index in [4.69, 9.17) is 43.8 Å². The van der Waals surface area contributed by atoms with Crippen molar-refractivity contribution in [2.75, 3.05) is 6.61 Å². The molecule has 1 aliphatic rings. The zero-order valence-corrected chi connectivity index (χ0v) is 11.2. The first-order valence-corrected chi connectivity index (χ1v) is 6.14. The summed E-state index contributed by atoms with van der Waals surface area (Å²) in [6.07, 6.45) is -2.55. The lowest BCUT2D eigenvalue weighted by atomic mass is 10.1. The fourth-order valence-electron chi connectivity index (χ4n) is 1.81. The zero-order chi connectivity index (χ0) is 14.1. The van der Waals surface area contributed by atoms with Crippen molar-refractivity contribution in [2.24, 2.45) is 5.73 Å². The van der Waals surface area contributed by atoms with E-state index < -0.39 is 29.8 Å². The molecule has 1 fully saturated rings. The smallest absolute Gasteiger partial charge is 0.318 e. The normalized spacial score (nSPS) is 38.4. The topological polar surface area (TPSA) is 94.2 Å². The van der Waals surface area contributed by atoms with Crippen molar-refractivity contribution in [3.05, 3.63) is 30.3 Å². The standard InChI is InChI=1S/C11H13Cl2NO5/c12-10(19-13)9(16)8(6-15)18-11(10,14)17-7-4-2-1-3-5-7/h1-5,8-9,15-16H,6,14H2/t8-,9-,10-,11+/m1/s1. The Hall–Kier alpha value is -0.600. The molecule has 4 atom stereocenters. The van der Waals surface area contributed by atoms with E-state index in [-0.39, 0.29) is 0 Å². The van der Waals surface area contributed by atoms with Gasteiger partial charge in [0.25, 0.3) is 5.06 Å². The largest absolute Gasteiger partial charge is 0.445 e. The van der Waals surface area contributed by atoms with Crippen LogP contribution in [-0.2, 0) is 9.03 Å². The molecular weight excluding hydrogens is 297 g/mol. The fourth-order valence-corrected chi connectivity index (χ4v) is 2.23. The van der Waals surface area contributed by atoms with Crippen LogP contribution in [0.1, 0.15) is 0 Å². The van der Waals surface area contributed by atoms with Gasteiger partial charge < -0.3 is 19.7 Å². The molecule has 4 N–H and O–H groups in total. The van der Waals surface area contributed by atoms with Gasteiger partial charge in [-0.2, -0.15) is 0 Å². The van der Waals surface area contributed by atoms with Crippen LogP contribution in [0, 0.1) is 0 Å². The summed E-state index contributed by atoms with van der Waals surface area (Å²) in [6, 6.07) is 8.43. The van der Waals surface area contributed by atoms with E-state index in [1.54, 1.807) is 30.3 Å². The third-order valence-electron chi connectivity index (χ3n) is 2.84. The van der Waals surface area contributed by atoms with Crippen molar-refractivity contribution in [1.29, 1.82) is 0 Å². The summed E-state index contributed by atoms with van der Waals surface area (Å²) in [6.45, 7) is -0.521. The summed E-state index contributed by atoms with van der Waals surface area (Å²) in [4.78, 5) is 0. The maximum Gasteiger partial charge on any atom is 0.318 e. The summed E-state index contributed by atoms with van der Waals surface area (Å²) in [5, 5.41) is 17.0. The third kappa shape index (κ3) is 2.41. The maximum absolute atomic E-state index is 9.94. The van der Waals surface area contributed by atoms with Crippen molar-refractivity contribution in [2.45, 2.75) is 23.2 Å². The highest BCUT2D eigenvalue weighted by Gasteiger charge is 2.68. The second kappa shape index (κ2) is 5.41. The van der Waals surface area contributed by atoms with Crippen molar-refractivity contribution >= 4 is 23.5 Å². The van der Waals surface area contributed by atoms with Gasteiger partial charge in [-0.25, -0.2) is 4.29 Å². The van der Waals surface area contributed by atoms with Crippen LogP contribution in [0.3, 0.4) is 0 Å². The molecule has 1 aromatic rings. The zero-order valence-electron chi connectivity index (χ0n) is 9.70. The Morgan fingerprint density at radius 1 is 1.37 bits per heavy atom. The monoisotopic (exact) mass is 309 g/mol. The number of hydrogen-bond donors (Lipinski definition) is 3. The van der Waals surface area contributed by atoms with Gasteiger partial charge in [0.15, 0.2) is 0 Å². The highest BCUT2D eigenvalue weighted by Crippen LogP contribution is 2.44. The Balaban J connectivity index is 2.30. The van der Waals surface area contributed by atoms with Gasteiger partial charge in [0.05, 0.1) is 18.5 Å². The van der Waals surface area contributed by atoms with Crippen molar-refractivity contribution in [3.8, 4) is 5.75 Å². The summed E-state index contributed by atoms with van der Waals surface area (Å²) in [5.41, 5.74) is 5.88. The van der Waals surface area contributed by atoms with Gasteiger partial charge in [-0.15, -0.1) is 0 Å². The Morgan fingerprint density at radius 3 is 2.53 bits per heavy atom. The SMILES string of the molecule is N[C@@]1(Oc2ccccc2)O[C@H](CO)[C@@H](O)[C@@]1(Cl)OCl. The predicted molar refractivity (Wildman–Crippen MR) is 67.5 cm³/mol. The molecule has 106 valence electrons. The molecule has 0 amide bonds. The first-order chi connectivity index (χ1) is 8.97. The second-order valence-corrected chi connectivity index (χ2v) is 4.80. The average Bonchev–Trinajstić information content (AvgIpc) is 2.61. The number of halogens is 2. The van der Waals surface area contributed by atoms with Crippen LogP contribution in [0.5, 0.6) is 5.75 Å². The van der Waals surface area contributed by atoms with Crippen molar-refractivity contribution < 1.29 is 24.0 Å². The molecule has 0 saturated carbocycles. The van der Waals surface area contributed by atoms with E-state index in [1.807, 2.05) is 0 Å². The van der Waals surface area contributed by atoms with E-state index >= 15 is 0 Å². The number of rotatable bonds is 4. The Kier molecular flexibility index (Phi) is 4.22. The number of hydrogen-bond acceptors (Lipinski definition) is 6. The number of nitrogens with two attached hydrogens (primary N) is 1. The lowest BCUT2D eigenvalue weighted by molar-refractivity contribution is -0.214. The van der Waals surface area contributed by atoms with Gasteiger partial charge in [0, 0.05) is 0 Å². The summed E-state index contributed by atoms with van der Waals surface area (Å²) in [7, 11) is 0. The quantitative estimate of drug-likeness (QED) is 0.555. The molecule has 1 aliphatic heterocycles. The van der Waals surface area contributed by atoms with Crippen LogP contribution < -0.4 is 10.5 Å². The van der Waals surface area contributed by atoms with Crippen LogP contribution in [0.4, 0.5) is 0 Å². The molecule has 0 bridgehead atoms. The van der Waals surface area contributed by atoms with Crippen LogP contribution in [0.25, 0.3) is 0 Å². The highest BCUT2D eigenvalue weighted by atomic mass is 35.5. The number of aliphatic hydroxyl groups excluding tert-OH is 2. The van der Waals surface area contributed by atoms with Crippen LogP contribution in [0.2, 0.25) is 0 Å². The molecular formula is C11H13Cl2NO5. The van der Waals surface area contributed by atoms with E-state index in [0.29, 0.717) is 5.75 Å². The predicted octanol–water partition coefficient (Wildman–Crippen LogP) is 0.535. The molecule has 0 aromatic heterocycles. The molecule has 0 radical (unpaired) electrons. The van der Waals surface area contributed by atoms with Gasteiger partial charge in [-0.1, -0.05) is 29.8 Å². The minimum atomic E-state index is -2.06. The van der Waals surface area contributed by atoms with Crippen LogP contribution >= 0.6 is 23.5 Å². The van der Waals surface area contributed by atoms with Crippen LogP contribution in [0.15, 0.2) is 30.3 Å². The van der Waals surface area contributed by atoms with E-state index in [0.717, 1.165) is 0 Å². The molecule has 1 aromatic carbocycles. The molecule has 2 rings (SSSR count). The Bertz CT molecular complexity index is 436. The minimum absolute atomic E-state index is 0.342. The number of ether oxygens (including phenoxy) is 2. The third-order valence-corrected chi connectivity index (χ3v) is 3.73. The molecule has 6 nitrogen and oxygen atoms in total. The van der Waals surface area contributed by atoms with Crippen molar-refractivity contribution in [3.63, 3.8) is 0 Å². The minimum Gasteiger partial charge on any atom is -0.445 e. The van der Waals surface area contributed by atoms with Crippen LogP contribution in [-0.4, -0.2) is 40.0 Å². The Morgan fingerprint density at radius 2 is 2.00 bits per heavy atom. The van der Waals surface area contributed by atoms with E-state index in [9.17, 15) is 5.11 Å². The van der Waals surface area contributed by atoms with Gasteiger partial charge in [-0.3, -0.25) is 5.73 Å². The number of benzene rings is 1. The number of alkyl halides is 1. The average molecular weight is 310 g/mol. The molecule has 1 saturated heterocycles. The summed E-state index contributed by atoms with van der Waals surface area (Å²) < 4.78 is 15.2. The lowest BCUT2D eigenvalue weighted by Gasteiger charge is -2.34. The molecule has 8 heteroatoms. The molecule has 19 heavy (non-hydrogen) atoms. The first kappa shape index (κ1) is 14.8. The Labute approximate surface area is 119 Å². The van der Waals surface area contributed by atoms with Gasteiger partial charge >= 0.3 is 5.91 Å². The first-order valence-electron chi connectivity index (χ1n) is 5.45. The fraction of sp³-hybridized carbons (Fsp3) is 0.455. The van der Waals surface area contributed by atoms with E-state index in [2.05, 4.69) is 4.29 Å². The maximum atomic E-state index is 9.94. The van der Waals surface area contributed by atoms with Gasteiger partial charge in [0.1, 0.15) is 18.0 Å². The lowest BCUT2D eigenvalue weighted by Crippen LogP contribution is -2.62. The molecule has 0 unspecified atom stereocenters. The van der Waals surface area contributed by atoms with E-state index in [1.165, 1.54) is 0 Å². The molecule has 1 heterocycles. The summed E-state index contributed by atoms with van der Waals surface area (Å²) in [5.74, 6) is -1.71. The van der Waals surface area contributed by atoms with Gasteiger partial charge in [-0.05, 0) is 12.1 Å². The summed E-state index contributed by atoms with van der Waals surface area (Å²) >= 11 is 11.3. The van der Waals surface area contributed by atoms with Crippen molar-refractivity contribution in [1.82, 2.24) is 0 Å². The second-order valence-electron chi connectivity index (χ2n) is 4.09. The highest BCUT2D eigenvalue weighted by molar-refractivity contribution is 6.26. The van der Waals surface area contributed by atoms with Gasteiger partial charge in [0.2, 0.25) is 0 Å². The molecule has 0 spiro atoms. The number of para-hydroxylation sites is 1.